The molecule has 1 aromatic rings. The monoisotopic (exact) mass is 319 g/mol. The van der Waals surface area contributed by atoms with Gasteiger partial charge in [-0.05, 0) is 50.6 Å². The number of carbonyl (C=O) groups excluding carboxylic acids is 2. The summed E-state index contributed by atoms with van der Waals surface area (Å²) in [6, 6.07) is 5.62. The van der Waals surface area contributed by atoms with Crippen LogP contribution < -0.4 is 21.3 Å². The van der Waals surface area contributed by atoms with Crippen LogP contribution in [0.5, 0.6) is 5.75 Å². The lowest BCUT2D eigenvalue weighted by molar-refractivity contribution is -0.131. The van der Waals surface area contributed by atoms with Gasteiger partial charge in [-0.1, -0.05) is 5.92 Å². The Kier molecular flexibility index (Phi) is 8.21. The number of rotatable bonds is 8. The van der Waals surface area contributed by atoms with E-state index in [1.807, 2.05) is 0 Å². The van der Waals surface area contributed by atoms with Crippen molar-refractivity contribution in [1.82, 2.24) is 10.8 Å². The Hall–Kier alpha value is -2.56. The number of nitrogens with one attached hydrogen (secondary N) is 2. The van der Waals surface area contributed by atoms with Crippen molar-refractivity contribution in [2.24, 2.45) is 5.73 Å². The maximum atomic E-state index is 12.1. The Morgan fingerprint density at radius 1 is 1.35 bits per heavy atom. The van der Waals surface area contributed by atoms with Crippen molar-refractivity contribution >= 4 is 11.8 Å². The molecule has 0 saturated carbocycles. The van der Waals surface area contributed by atoms with E-state index in [1.54, 1.807) is 36.7 Å². The van der Waals surface area contributed by atoms with E-state index in [9.17, 15) is 9.59 Å². The van der Waals surface area contributed by atoms with Crippen LogP contribution in [0.25, 0.3) is 0 Å². The minimum atomic E-state index is -0.841. The van der Waals surface area contributed by atoms with Crippen LogP contribution in [0.15, 0.2) is 24.3 Å². The first-order chi connectivity index (χ1) is 11.1. The number of amides is 2. The summed E-state index contributed by atoms with van der Waals surface area (Å²) in [7, 11) is 0. The molecule has 0 radical (unpaired) electrons. The van der Waals surface area contributed by atoms with Gasteiger partial charge in [0.1, 0.15) is 18.4 Å². The summed E-state index contributed by atoms with van der Waals surface area (Å²) in [6.07, 6.45) is 0.884. The van der Waals surface area contributed by atoms with E-state index in [0.717, 1.165) is 0 Å². The standard InChI is InChI=1S/C16H21N3O4/c1-2-3-11-23-13-8-6-12(7-9-13)15(20)18-14(5-4-10-17)16(21)19-22/h6-9,14,22H,4-5,10-11,17H2,1H3,(H,18,20)(H,19,21)/t14-/m0/s1. The molecule has 1 aromatic carbocycles. The minimum absolute atomic E-state index is 0.278. The summed E-state index contributed by atoms with van der Waals surface area (Å²) in [5.74, 6) is 4.98. The molecule has 1 atom stereocenters. The van der Waals surface area contributed by atoms with Gasteiger partial charge in [-0.3, -0.25) is 14.8 Å². The van der Waals surface area contributed by atoms with Crippen molar-refractivity contribution in [3.05, 3.63) is 29.8 Å². The van der Waals surface area contributed by atoms with Crippen LogP contribution in [0, 0.1) is 11.8 Å². The highest BCUT2D eigenvalue weighted by Gasteiger charge is 2.20. The van der Waals surface area contributed by atoms with E-state index in [0.29, 0.717) is 30.7 Å². The first-order valence-corrected chi connectivity index (χ1v) is 7.19. The number of carbonyl (C=O) groups is 2. The molecule has 0 spiro atoms. The molecule has 7 heteroatoms. The Bertz CT molecular complexity index is 575. The van der Waals surface area contributed by atoms with E-state index in [2.05, 4.69) is 17.2 Å². The second-order valence-corrected chi connectivity index (χ2v) is 4.67. The zero-order chi connectivity index (χ0) is 17.1. The Morgan fingerprint density at radius 3 is 2.61 bits per heavy atom. The number of nitrogens with two attached hydrogens (primary N) is 1. The molecule has 5 N–H and O–H groups in total. The fourth-order valence-corrected chi connectivity index (χ4v) is 1.80. The number of ether oxygens (including phenoxy) is 1. The topological polar surface area (TPSA) is 114 Å². The third-order valence-corrected chi connectivity index (χ3v) is 3.03. The first-order valence-electron chi connectivity index (χ1n) is 7.19. The third-order valence-electron chi connectivity index (χ3n) is 3.03. The average Bonchev–Trinajstić information content (AvgIpc) is 2.58. The Morgan fingerprint density at radius 2 is 2.04 bits per heavy atom. The molecular weight excluding hydrogens is 298 g/mol. The molecule has 23 heavy (non-hydrogen) atoms. The van der Waals surface area contributed by atoms with Crippen LogP contribution in [-0.2, 0) is 4.79 Å². The number of hydrogen-bond donors (Lipinski definition) is 4. The van der Waals surface area contributed by atoms with E-state index in [4.69, 9.17) is 15.7 Å². The average molecular weight is 319 g/mol. The molecule has 0 heterocycles. The van der Waals surface area contributed by atoms with Gasteiger partial charge in [0.2, 0.25) is 0 Å². The van der Waals surface area contributed by atoms with Crippen molar-refractivity contribution in [3.63, 3.8) is 0 Å². The Labute approximate surface area is 135 Å². The minimum Gasteiger partial charge on any atom is -0.481 e. The highest BCUT2D eigenvalue weighted by atomic mass is 16.5. The lowest BCUT2D eigenvalue weighted by Crippen LogP contribution is -2.46. The molecule has 124 valence electrons. The molecule has 0 aliphatic heterocycles. The van der Waals surface area contributed by atoms with Crippen LogP contribution in [-0.4, -0.2) is 36.2 Å². The maximum absolute atomic E-state index is 12.1. The molecule has 0 bridgehead atoms. The molecule has 0 saturated heterocycles. The third kappa shape index (κ3) is 6.38. The second kappa shape index (κ2) is 10.2. The van der Waals surface area contributed by atoms with Crippen molar-refractivity contribution in [2.45, 2.75) is 25.8 Å². The predicted molar refractivity (Wildman–Crippen MR) is 84.9 cm³/mol. The number of hydrogen-bond acceptors (Lipinski definition) is 5. The Balaban J connectivity index is 2.67. The van der Waals surface area contributed by atoms with Crippen molar-refractivity contribution in [3.8, 4) is 17.6 Å². The van der Waals surface area contributed by atoms with Gasteiger partial charge in [0, 0.05) is 5.56 Å². The normalized spacial score (nSPS) is 10.9. The fourth-order valence-electron chi connectivity index (χ4n) is 1.80. The predicted octanol–water partition coefficient (Wildman–Crippen LogP) is 0.431. The summed E-state index contributed by atoms with van der Waals surface area (Å²) in [4.78, 5) is 23.7. The zero-order valence-corrected chi connectivity index (χ0v) is 13.0. The summed E-state index contributed by atoms with van der Waals surface area (Å²) in [6.45, 7) is 2.39. The maximum Gasteiger partial charge on any atom is 0.265 e. The van der Waals surface area contributed by atoms with Gasteiger partial charge >= 0.3 is 0 Å². The van der Waals surface area contributed by atoms with Gasteiger partial charge in [-0.2, -0.15) is 0 Å². The SMILES string of the molecule is CC#CCOc1ccc(C(=O)N[C@@H](CCCN)C(=O)NO)cc1. The van der Waals surface area contributed by atoms with Gasteiger partial charge in [-0.15, -0.1) is 5.92 Å². The van der Waals surface area contributed by atoms with Crippen molar-refractivity contribution in [1.29, 1.82) is 0 Å². The molecule has 0 aliphatic rings. The van der Waals surface area contributed by atoms with Gasteiger partial charge in [0.05, 0.1) is 0 Å². The molecule has 1 rings (SSSR count). The van der Waals surface area contributed by atoms with Crippen LogP contribution >= 0.6 is 0 Å². The fraction of sp³-hybridized carbons (Fsp3) is 0.375. The number of benzene rings is 1. The molecule has 0 aromatic heterocycles. The van der Waals surface area contributed by atoms with Crippen LogP contribution in [0.4, 0.5) is 0 Å². The van der Waals surface area contributed by atoms with Crippen LogP contribution in [0.3, 0.4) is 0 Å². The summed E-state index contributed by atoms with van der Waals surface area (Å²) in [5, 5.41) is 11.3. The molecule has 0 unspecified atom stereocenters. The lowest BCUT2D eigenvalue weighted by Gasteiger charge is -2.16. The highest BCUT2D eigenvalue weighted by Crippen LogP contribution is 2.12. The second-order valence-electron chi connectivity index (χ2n) is 4.67. The molecule has 0 aliphatic carbocycles. The first kappa shape index (κ1) is 18.5. The molecular formula is C16H21N3O4. The van der Waals surface area contributed by atoms with E-state index in [-0.39, 0.29) is 6.61 Å². The van der Waals surface area contributed by atoms with Gasteiger partial charge in [0.25, 0.3) is 11.8 Å². The quantitative estimate of drug-likeness (QED) is 0.315. The molecule has 7 nitrogen and oxygen atoms in total. The van der Waals surface area contributed by atoms with Crippen LogP contribution in [0.2, 0.25) is 0 Å². The number of hydroxylamine groups is 1. The van der Waals surface area contributed by atoms with Gasteiger partial charge in [0.15, 0.2) is 0 Å². The zero-order valence-electron chi connectivity index (χ0n) is 13.0. The van der Waals surface area contributed by atoms with E-state index < -0.39 is 17.9 Å². The van der Waals surface area contributed by atoms with E-state index >= 15 is 0 Å². The molecule has 2 amide bonds. The van der Waals surface area contributed by atoms with Crippen LogP contribution in [0.1, 0.15) is 30.1 Å². The molecule has 0 fully saturated rings. The largest absolute Gasteiger partial charge is 0.481 e. The summed E-state index contributed by atoms with van der Waals surface area (Å²) < 4.78 is 5.35. The van der Waals surface area contributed by atoms with Crippen molar-refractivity contribution < 1.29 is 19.5 Å². The summed E-state index contributed by atoms with van der Waals surface area (Å²) in [5.41, 5.74) is 7.32. The smallest absolute Gasteiger partial charge is 0.265 e. The summed E-state index contributed by atoms with van der Waals surface area (Å²) >= 11 is 0. The van der Waals surface area contributed by atoms with Gasteiger partial charge < -0.3 is 15.8 Å². The van der Waals surface area contributed by atoms with E-state index in [1.165, 1.54) is 0 Å². The van der Waals surface area contributed by atoms with Crippen molar-refractivity contribution in [2.75, 3.05) is 13.2 Å². The highest BCUT2D eigenvalue weighted by molar-refractivity contribution is 5.97. The van der Waals surface area contributed by atoms with Gasteiger partial charge in [-0.25, -0.2) is 5.48 Å². The lowest BCUT2D eigenvalue weighted by atomic mass is 10.1.